The van der Waals surface area contributed by atoms with E-state index in [0.717, 1.165) is 0 Å². The van der Waals surface area contributed by atoms with Crippen molar-refractivity contribution in [2.75, 3.05) is 0 Å². The summed E-state index contributed by atoms with van der Waals surface area (Å²) in [5, 5.41) is 0. The minimum atomic E-state index is 0.618. The molecular weight excluding hydrogens is 484 g/mol. The van der Waals surface area contributed by atoms with Crippen LogP contribution in [0.2, 0.25) is 0 Å². The van der Waals surface area contributed by atoms with Gasteiger partial charge < -0.3 is 0 Å². The van der Waals surface area contributed by atoms with Crippen LogP contribution in [0.15, 0.2) is 12.4 Å². The molecule has 40 heavy (non-hydrogen) atoms. The van der Waals surface area contributed by atoms with Gasteiger partial charge in [0.15, 0.2) is 0 Å². The molecule has 1 aromatic rings. The van der Waals surface area contributed by atoms with E-state index < -0.39 is 0 Å². The zero-order chi connectivity index (χ0) is 28.9. The first-order valence-corrected chi connectivity index (χ1v) is 18.8. The van der Waals surface area contributed by atoms with Gasteiger partial charge in [0.1, 0.15) is 12.4 Å². The van der Waals surface area contributed by atoms with Crippen LogP contribution in [-0.4, -0.2) is 4.98 Å². The zero-order valence-electron chi connectivity index (χ0n) is 28.3. The van der Waals surface area contributed by atoms with E-state index in [1.165, 1.54) is 192 Å². The van der Waals surface area contributed by atoms with E-state index in [9.17, 15) is 0 Å². The minimum absolute atomic E-state index is 0.618. The molecule has 1 N–H and O–H groups in total. The van der Waals surface area contributed by atoms with Gasteiger partial charge in [0, 0.05) is 0 Å². The molecule has 2 nitrogen and oxygen atoms in total. The summed E-state index contributed by atoms with van der Waals surface area (Å²) in [5.41, 5.74) is 0. The second kappa shape index (κ2) is 28.3. The molecule has 1 rings (SSSR count). The predicted octanol–water partition coefficient (Wildman–Crippen LogP) is 13.3. The molecule has 0 aliphatic rings. The Hall–Kier alpha value is -0.790. The quantitative estimate of drug-likeness (QED) is 0.0689. The summed E-state index contributed by atoms with van der Waals surface area (Å²) in [7, 11) is 0. The van der Waals surface area contributed by atoms with E-state index in [-0.39, 0.29) is 0 Å². The van der Waals surface area contributed by atoms with Crippen LogP contribution in [0.5, 0.6) is 0 Å². The lowest BCUT2D eigenvalue weighted by molar-refractivity contribution is -0.727. The van der Waals surface area contributed by atoms with Gasteiger partial charge in [0.2, 0.25) is 0 Å². The molecule has 0 saturated heterocycles. The van der Waals surface area contributed by atoms with Gasteiger partial charge in [-0.05, 0) is 26.2 Å². The molecule has 2 unspecified atom stereocenters. The molecule has 0 aromatic carbocycles. The maximum atomic E-state index is 3.60. The second-order valence-corrected chi connectivity index (χ2v) is 13.4. The number of rotatable bonds is 31. The van der Waals surface area contributed by atoms with Crippen molar-refractivity contribution in [2.24, 2.45) is 0 Å². The van der Waals surface area contributed by atoms with Crippen molar-refractivity contribution in [3.8, 4) is 0 Å². The normalized spacial score (nSPS) is 13.2. The molecule has 2 atom stereocenters. The van der Waals surface area contributed by atoms with Crippen molar-refractivity contribution in [2.45, 2.75) is 226 Å². The average molecular weight is 560 g/mol. The molecule has 1 aromatic heterocycles. The highest BCUT2D eigenvalue weighted by Gasteiger charge is 2.22. The number of hydrogen-bond donors (Lipinski definition) is 1. The monoisotopic (exact) mass is 560 g/mol. The van der Waals surface area contributed by atoms with E-state index in [1.54, 1.807) is 0 Å². The lowest BCUT2D eigenvalue weighted by Crippen LogP contribution is -2.40. The highest BCUT2D eigenvalue weighted by atomic mass is 15.1. The van der Waals surface area contributed by atoms with Crippen molar-refractivity contribution in [1.82, 2.24) is 4.98 Å². The molecule has 1 heterocycles. The second-order valence-electron chi connectivity index (χ2n) is 13.4. The summed E-state index contributed by atoms with van der Waals surface area (Å²) >= 11 is 0. The van der Waals surface area contributed by atoms with Gasteiger partial charge >= 0.3 is 0 Å². The first-order chi connectivity index (χ1) is 19.7. The van der Waals surface area contributed by atoms with Crippen LogP contribution in [0.1, 0.15) is 232 Å². The van der Waals surface area contributed by atoms with Gasteiger partial charge in [-0.2, -0.15) is 0 Å². The lowest BCUT2D eigenvalue weighted by atomic mass is 9.99. The van der Waals surface area contributed by atoms with Crippen molar-refractivity contribution < 1.29 is 4.57 Å². The molecule has 0 fully saturated rings. The summed E-state index contributed by atoms with van der Waals surface area (Å²) in [6.07, 6.45) is 46.0. The van der Waals surface area contributed by atoms with E-state index in [1.807, 2.05) is 0 Å². The van der Waals surface area contributed by atoms with Gasteiger partial charge in [-0.25, -0.2) is 9.55 Å². The molecule has 0 aliphatic heterocycles. The van der Waals surface area contributed by atoms with Crippen molar-refractivity contribution >= 4 is 0 Å². The van der Waals surface area contributed by atoms with Gasteiger partial charge in [0.25, 0.3) is 5.82 Å². The van der Waals surface area contributed by atoms with E-state index >= 15 is 0 Å². The number of imidazole rings is 1. The zero-order valence-corrected chi connectivity index (χ0v) is 28.3. The number of unbranched alkanes of at least 4 members (excludes halogenated alkanes) is 25. The molecule has 2 heteroatoms. The Bertz CT molecular complexity index is 621. The van der Waals surface area contributed by atoms with E-state index in [0.29, 0.717) is 12.0 Å². The SMILES string of the molecule is CCCCCCCCCCCCCCCCC(C)[n+]1cc[nH]c1C(C)CCCCCCCCCCCCCCC. The number of hydrogen-bond acceptors (Lipinski definition) is 0. The van der Waals surface area contributed by atoms with Gasteiger partial charge in [0.05, 0.1) is 12.0 Å². The van der Waals surface area contributed by atoms with Crippen LogP contribution < -0.4 is 4.57 Å². The summed E-state index contributed by atoms with van der Waals surface area (Å²) in [6.45, 7) is 9.47. The fraction of sp³-hybridized carbons (Fsp3) is 0.921. The standard InChI is InChI=1S/C38H74N2/c1-5-7-9-11-13-15-17-19-21-23-25-27-29-31-33-37(4)40-35-34-39-38(40)36(3)32-30-28-26-24-22-20-18-16-14-12-10-8-6-2/h34-37H,5-33H2,1-4H3/p+1. The Morgan fingerprint density at radius 3 is 1.18 bits per heavy atom. The predicted molar refractivity (Wildman–Crippen MR) is 179 cm³/mol. The topological polar surface area (TPSA) is 19.7 Å². The van der Waals surface area contributed by atoms with Crippen LogP contribution in [0.4, 0.5) is 0 Å². The third-order valence-electron chi connectivity index (χ3n) is 9.40. The summed E-state index contributed by atoms with van der Waals surface area (Å²) < 4.78 is 2.55. The van der Waals surface area contributed by atoms with Crippen LogP contribution in [0.3, 0.4) is 0 Å². The number of nitrogens with zero attached hydrogens (tertiary/aromatic N) is 1. The maximum Gasteiger partial charge on any atom is 0.257 e. The Labute approximate surface area is 253 Å². The number of aromatic amines is 1. The fourth-order valence-electron chi connectivity index (χ4n) is 6.52. The highest BCUT2D eigenvalue weighted by Crippen LogP contribution is 2.21. The van der Waals surface area contributed by atoms with E-state index in [4.69, 9.17) is 0 Å². The van der Waals surface area contributed by atoms with Crippen molar-refractivity contribution in [3.05, 3.63) is 18.2 Å². The molecule has 0 spiro atoms. The lowest BCUT2D eigenvalue weighted by Gasteiger charge is -2.14. The number of H-pyrrole nitrogens is 1. The minimum Gasteiger partial charge on any atom is -0.247 e. The molecule has 236 valence electrons. The smallest absolute Gasteiger partial charge is 0.247 e. The third-order valence-corrected chi connectivity index (χ3v) is 9.40. The van der Waals surface area contributed by atoms with E-state index in [2.05, 4.69) is 49.6 Å². The first-order valence-electron chi connectivity index (χ1n) is 18.8. The van der Waals surface area contributed by atoms with Crippen molar-refractivity contribution in [1.29, 1.82) is 0 Å². The largest absolute Gasteiger partial charge is 0.257 e. The van der Waals surface area contributed by atoms with Crippen LogP contribution in [-0.2, 0) is 0 Å². The van der Waals surface area contributed by atoms with Crippen LogP contribution >= 0.6 is 0 Å². The molecule has 0 radical (unpaired) electrons. The Morgan fingerprint density at radius 2 is 0.800 bits per heavy atom. The summed E-state index contributed by atoms with van der Waals surface area (Å²) in [4.78, 5) is 3.60. The van der Waals surface area contributed by atoms with Gasteiger partial charge in [-0.15, -0.1) is 0 Å². The summed E-state index contributed by atoms with van der Waals surface area (Å²) in [6, 6.07) is 0.618. The molecular formula is C38H75N2+. The molecule has 0 aliphatic carbocycles. The number of aromatic nitrogens is 2. The molecule has 0 bridgehead atoms. The van der Waals surface area contributed by atoms with Crippen LogP contribution in [0.25, 0.3) is 0 Å². The Kier molecular flexibility index (Phi) is 26.4. The highest BCUT2D eigenvalue weighted by molar-refractivity contribution is 4.87. The van der Waals surface area contributed by atoms with Gasteiger partial charge in [-0.1, -0.05) is 188 Å². The Morgan fingerprint density at radius 1 is 0.475 bits per heavy atom. The van der Waals surface area contributed by atoms with Crippen molar-refractivity contribution in [3.63, 3.8) is 0 Å². The van der Waals surface area contributed by atoms with Crippen LogP contribution in [0, 0.1) is 0 Å². The average Bonchev–Trinajstić information content (AvgIpc) is 3.46. The Balaban J connectivity index is 1.99. The third kappa shape index (κ3) is 21.0. The molecule has 0 amide bonds. The van der Waals surface area contributed by atoms with Gasteiger partial charge in [-0.3, -0.25) is 0 Å². The maximum absolute atomic E-state index is 3.60. The molecule has 0 saturated carbocycles. The first kappa shape index (κ1) is 37.2. The fourth-order valence-corrected chi connectivity index (χ4v) is 6.52. The summed E-state index contributed by atoms with van der Waals surface area (Å²) in [5.74, 6) is 2.10. The number of nitrogens with one attached hydrogen (secondary N) is 1.